The van der Waals surface area contributed by atoms with Crippen LogP contribution in [0.2, 0.25) is 0 Å². The van der Waals surface area contributed by atoms with Gasteiger partial charge in [-0.3, -0.25) is 9.98 Å². The normalized spacial score (nSPS) is 11.0. The van der Waals surface area contributed by atoms with Gasteiger partial charge in [-0.15, -0.1) is 0 Å². The molecule has 4 heteroatoms. The van der Waals surface area contributed by atoms with Crippen LogP contribution in [0, 0.1) is 12.3 Å². The SMILES string of the molecule is Cc1ccc2c(c1)c(=N)n(-c1ccccc1)c(=O)n2Cc1ccccc1. The van der Waals surface area contributed by atoms with Gasteiger partial charge in [-0.25, -0.2) is 9.36 Å². The number of nitrogens with zero attached hydrogens (tertiary/aromatic N) is 2. The van der Waals surface area contributed by atoms with E-state index in [1.807, 2.05) is 85.8 Å². The van der Waals surface area contributed by atoms with Gasteiger partial charge in [0.1, 0.15) is 5.49 Å². The van der Waals surface area contributed by atoms with Crippen LogP contribution >= 0.6 is 0 Å². The van der Waals surface area contributed by atoms with Crippen molar-refractivity contribution in [3.63, 3.8) is 0 Å². The molecule has 1 aromatic heterocycles. The first-order valence-corrected chi connectivity index (χ1v) is 8.55. The Morgan fingerprint density at radius 1 is 0.885 bits per heavy atom. The average molecular weight is 341 g/mol. The molecular weight excluding hydrogens is 322 g/mol. The predicted octanol–water partition coefficient (Wildman–Crippen LogP) is 3.63. The van der Waals surface area contributed by atoms with Crippen LogP contribution in [0.3, 0.4) is 0 Å². The lowest BCUT2D eigenvalue weighted by Crippen LogP contribution is -2.39. The van der Waals surface area contributed by atoms with Crippen molar-refractivity contribution in [1.82, 2.24) is 9.13 Å². The molecule has 0 saturated carbocycles. The molecule has 0 aliphatic carbocycles. The first kappa shape index (κ1) is 16.1. The number of rotatable bonds is 3. The smallest absolute Gasteiger partial charge is 0.289 e. The molecular formula is C22H19N3O. The largest absolute Gasteiger partial charge is 0.335 e. The number of aryl methyl sites for hydroxylation is 1. The van der Waals surface area contributed by atoms with Gasteiger partial charge >= 0.3 is 5.69 Å². The summed E-state index contributed by atoms with van der Waals surface area (Å²) in [5.41, 5.74) is 3.60. The fourth-order valence-electron chi connectivity index (χ4n) is 3.25. The third-order valence-corrected chi connectivity index (χ3v) is 4.54. The molecule has 3 aromatic carbocycles. The molecule has 1 N–H and O–H groups in total. The van der Waals surface area contributed by atoms with Gasteiger partial charge in [-0.2, -0.15) is 0 Å². The fraction of sp³-hybridized carbons (Fsp3) is 0.0909. The zero-order valence-electron chi connectivity index (χ0n) is 14.5. The first-order chi connectivity index (χ1) is 12.6. The van der Waals surface area contributed by atoms with E-state index in [0.29, 0.717) is 12.2 Å². The van der Waals surface area contributed by atoms with Crippen LogP contribution in [0.25, 0.3) is 16.6 Å². The highest BCUT2D eigenvalue weighted by molar-refractivity contribution is 5.79. The van der Waals surface area contributed by atoms with Crippen molar-refractivity contribution >= 4 is 10.9 Å². The maximum Gasteiger partial charge on any atom is 0.335 e. The number of benzene rings is 3. The van der Waals surface area contributed by atoms with Gasteiger partial charge in [0.05, 0.1) is 17.7 Å². The highest BCUT2D eigenvalue weighted by Gasteiger charge is 2.13. The zero-order valence-corrected chi connectivity index (χ0v) is 14.5. The van der Waals surface area contributed by atoms with E-state index < -0.39 is 0 Å². The molecule has 0 saturated heterocycles. The molecule has 0 radical (unpaired) electrons. The second-order valence-corrected chi connectivity index (χ2v) is 6.39. The second-order valence-electron chi connectivity index (χ2n) is 6.39. The Morgan fingerprint density at radius 3 is 2.23 bits per heavy atom. The minimum Gasteiger partial charge on any atom is -0.289 e. The van der Waals surface area contributed by atoms with Gasteiger partial charge < -0.3 is 0 Å². The maximum absolute atomic E-state index is 13.3. The van der Waals surface area contributed by atoms with Crippen molar-refractivity contribution in [3.8, 4) is 5.69 Å². The van der Waals surface area contributed by atoms with Crippen LogP contribution in [0.15, 0.2) is 83.7 Å². The lowest BCUT2D eigenvalue weighted by atomic mass is 10.1. The number of hydrogen-bond donors (Lipinski definition) is 1. The van der Waals surface area contributed by atoms with Gasteiger partial charge in [0.15, 0.2) is 0 Å². The summed E-state index contributed by atoms with van der Waals surface area (Å²) in [6.45, 7) is 2.46. The molecule has 26 heavy (non-hydrogen) atoms. The van der Waals surface area contributed by atoms with E-state index in [1.54, 1.807) is 4.57 Å². The van der Waals surface area contributed by atoms with Crippen molar-refractivity contribution in [2.24, 2.45) is 0 Å². The Labute approximate surface area is 151 Å². The van der Waals surface area contributed by atoms with E-state index in [1.165, 1.54) is 4.57 Å². The number of aromatic nitrogens is 2. The van der Waals surface area contributed by atoms with Crippen LogP contribution in [0.1, 0.15) is 11.1 Å². The summed E-state index contributed by atoms with van der Waals surface area (Å²) in [5, 5.41) is 9.41. The van der Waals surface area contributed by atoms with Crippen molar-refractivity contribution in [2.75, 3.05) is 0 Å². The molecule has 0 atom stereocenters. The van der Waals surface area contributed by atoms with Gasteiger partial charge in [-0.1, -0.05) is 60.2 Å². The summed E-state index contributed by atoms with van der Waals surface area (Å²) in [6.07, 6.45) is 0. The van der Waals surface area contributed by atoms with Crippen molar-refractivity contribution in [3.05, 3.63) is 106 Å². The third kappa shape index (κ3) is 2.75. The lowest BCUT2D eigenvalue weighted by Gasteiger charge is -2.16. The molecule has 0 spiro atoms. The van der Waals surface area contributed by atoms with E-state index in [4.69, 9.17) is 5.41 Å². The highest BCUT2D eigenvalue weighted by atomic mass is 16.1. The minimum atomic E-state index is -0.207. The Bertz CT molecular complexity index is 1190. The fourth-order valence-corrected chi connectivity index (χ4v) is 3.25. The van der Waals surface area contributed by atoms with Gasteiger partial charge in [0, 0.05) is 5.39 Å². The Kier molecular flexibility index (Phi) is 4.01. The van der Waals surface area contributed by atoms with E-state index in [-0.39, 0.29) is 11.2 Å². The van der Waals surface area contributed by atoms with E-state index >= 15 is 0 Å². The molecule has 4 aromatic rings. The average Bonchev–Trinajstić information content (AvgIpc) is 2.67. The Morgan fingerprint density at radius 2 is 1.54 bits per heavy atom. The van der Waals surface area contributed by atoms with Gasteiger partial charge in [0.25, 0.3) is 0 Å². The van der Waals surface area contributed by atoms with Crippen LogP contribution in [-0.4, -0.2) is 9.13 Å². The predicted molar refractivity (Wildman–Crippen MR) is 104 cm³/mol. The molecule has 128 valence electrons. The zero-order chi connectivity index (χ0) is 18.1. The molecule has 0 aliphatic heterocycles. The van der Waals surface area contributed by atoms with Crippen LogP contribution in [-0.2, 0) is 6.54 Å². The van der Waals surface area contributed by atoms with Gasteiger partial charge in [-0.05, 0) is 36.8 Å². The van der Waals surface area contributed by atoms with Crippen molar-refractivity contribution in [2.45, 2.75) is 13.5 Å². The minimum absolute atomic E-state index is 0.207. The highest BCUT2D eigenvalue weighted by Crippen LogP contribution is 2.14. The molecule has 0 fully saturated rings. The molecule has 4 nitrogen and oxygen atoms in total. The molecule has 0 amide bonds. The van der Waals surface area contributed by atoms with Crippen LogP contribution in [0.5, 0.6) is 0 Å². The number of nitrogens with one attached hydrogen (secondary N) is 1. The third-order valence-electron chi connectivity index (χ3n) is 4.54. The summed E-state index contributed by atoms with van der Waals surface area (Å²) >= 11 is 0. The molecule has 0 unspecified atom stereocenters. The van der Waals surface area contributed by atoms with E-state index in [0.717, 1.165) is 22.0 Å². The van der Waals surface area contributed by atoms with E-state index in [2.05, 4.69) is 0 Å². The molecule has 4 rings (SSSR count). The van der Waals surface area contributed by atoms with Gasteiger partial charge in [0.2, 0.25) is 0 Å². The second kappa shape index (κ2) is 6.48. The summed E-state index contributed by atoms with van der Waals surface area (Å²) in [4.78, 5) is 13.3. The van der Waals surface area contributed by atoms with E-state index in [9.17, 15) is 4.79 Å². The monoisotopic (exact) mass is 341 g/mol. The van der Waals surface area contributed by atoms with Crippen molar-refractivity contribution in [1.29, 1.82) is 5.41 Å². The summed E-state index contributed by atoms with van der Waals surface area (Å²) in [6, 6.07) is 25.2. The lowest BCUT2D eigenvalue weighted by molar-refractivity contribution is 0.704. The van der Waals surface area contributed by atoms with Crippen LogP contribution in [0.4, 0.5) is 0 Å². The Hall–Kier alpha value is -3.40. The molecule has 0 aliphatic rings. The maximum atomic E-state index is 13.3. The Balaban J connectivity index is 2.07. The van der Waals surface area contributed by atoms with Crippen molar-refractivity contribution < 1.29 is 0 Å². The molecule has 1 heterocycles. The summed E-state index contributed by atoms with van der Waals surface area (Å²) in [5.74, 6) is 0. The standard InChI is InChI=1S/C22H19N3O/c1-16-12-13-20-19(14-16)21(23)25(18-10-6-3-7-11-18)22(26)24(20)15-17-8-4-2-5-9-17/h2-14,23H,15H2,1H3. The quantitative estimate of drug-likeness (QED) is 0.608. The number of hydrogen-bond acceptors (Lipinski definition) is 2. The summed E-state index contributed by atoms with van der Waals surface area (Å²) < 4.78 is 3.22. The first-order valence-electron chi connectivity index (χ1n) is 8.55. The summed E-state index contributed by atoms with van der Waals surface area (Å²) in [7, 11) is 0. The number of fused-ring (bicyclic) bond motifs is 1. The number of para-hydroxylation sites is 1. The topological polar surface area (TPSA) is 50.8 Å². The van der Waals surface area contributed by atoms with Crippen LogP contribution < -0.4 is 11.2 Å². The molecule has 0 bridgehead atoms.